The number of rotatable bonds is 7. The Morgan fingerprint density at radius 2 is 1.95 bits per heavy atom. The van der Waals surface area contributed by atoms with Crippen LogP contribution in [0.1, 0.15) is 42.9 Å². The maximum atomic E-state index is 14.7. The number of alkyl halides is 2. The molecular weight excluding hydrogens is 582 g/mol. The average Bonchev–Trinajstić information content (AvgIpc) is 3.61. The number of hydrogen-bond donors (Lipinski definition) is 2. The van der Waals surface area contributed by atoms with Crippen molar-refractivity contribution in [2.45, 2.75) is 56.0 Å². The molecule has 3 unspecified atom stereocenters. The summed E-state index contributed by atoms with van der Waals surface area (Å²) in [5.41, 5.74) is 1.69. The van der Waals surface area contributed by atoms with Gasteiger partial charge in [-0.25, -0.2) is 18.7 Å². The van der Waals surface area contributed by atoms with Gasteiger partial charge in [0.15, 0.2) is 12.0 Å². The van der Waals surface area contributed by atoms with Gasteiger partial charge < -0.3 is 19.7 Å². The number of oxazole rings is 1. The molecule has 0 spiro atoms. The molecule has 1 saturated carbocycles. The second kappa shape index (κ2) is 11.2. The fraction of sp³-hybridized carbons (Fsp3) is 0.300. The van der Waals surface area contributed by atoms with E-state index >= 15 is 0 Å². The molecule has 6 rings (SSSR count). The average molecular weight is 607 g/mol. The second-order valence-corrected chi connectivity index (χ2v) is 11.0. The van der Waals surface area contributed by atoms with Gasteiger partial charge in [0.25, 0.3) is 11.8 Å². The second-order valence-electron chi connectivity index (χ2n) is 10.6. The summed E-state index contributed by atoms with van der Waals surface area (Å²) in [6.07, 6.45) is 0.939. The molecule has 3 heterocycles. The standard InChI is InChI=1S/C30H25ClF2N6O4/c31-21-4-2-1-3-20(21)27(28(41)37-18-13-30(32,33)14-18)38(19-5-7-24-22(12-19)36-16-43-24)29(42)23-6-8-26(40)39(23)25-11-17(15-34)9-10-35-25/h1-5,7,9-12,16,18,23,26-27,40H,6,8,13-14H2,(H,37,41). The summed E-state index contributed by atoms with van der Waals surface area (Å²) in [7, 11) is 0. The highest BCUT2D eigenvalue weighted by atomic mass is 35.5. The first-order valence-electron chi connectivity index (χ1n) is 13.6. The lowest BCUT2D eigenvalue weighted by molar-refractivity contribution is -0.133. The van der Waals surface area contributed by atoms with Crippen LogP contribution >= 0.6 is 11.6 Å². The molecular formula is C30H25ClF2N6O4. The van der Waals surface area contributed by atoms with Crippen LogP contribution in [-0.4, -0.2) is 51.1 Å². The van der Waals surface area contributed by atoms with E-state index in [1.807, 2.05) is 6.07 Å². The van der Waals surface area contributed by atoms with Crippen LogP contribution in [0.25, 0.3) is 11.1 Å². The fourth-order valence-electron chi connectivity index (χ4n) is 5.67. The van der Waals surface area contributed by atoms with Gasteiger partial charge in [-0.15, -0.1) is 0 Å². The molecule has 2 aromatic heterocycles. The van der Waals surface area contributed by atoms with E-state index in [2.05, 4.69) is 15.3 Å². The highest BCUT2D eigenvalue weighted by molar-refractivity contribution is 6.31. The van der Waals surface area contributed by atoms with Gasteiger partial charge >= 0.3 is 0 Å². The van der Waals surface area contributed by atoms with Gasteiger partial charge in [-0.3, -0.25) is 14.5 Å². The van der Waals surface area contributed by atoms with Crippen LogP contribution in [0.2, 0.25) is 5.02 Å². The molecule has 2 aromatic carbocycles. The Kier molecular flexibility index (Phi) is 7.45. The molecule has 2 N–H and O–H groups in total. The number of pyridine rings is 1. The normalized spacial score (nSPS) is 20.3. The van der Waals surface area contributed by atoms with E-state index < -0.39 is 54.9 Å². The topological polar surface area (TPSA) is 136 Å². The van der Waals surface area contributed by atoms with Crippen molar-refractivity contribution in [2.75, 3.05) is 9.80 Å². The largest absolute Gasteiger partial charge is 0.443 e. The number of anilines is 2. The highest BCUT2D eigenvalue weighted by Gasteiger charge is 2.48. The predicted octanol–water partition coefficient (Wildman–Crippen LogP) is 4.72. The summed E-state index contributed by atoms with van der Waals surface area (Å²) >= 11 is 6.59. The molecule has 2 amide bonds. The lowest BCUT2D eigenvalue weighted by Gasteiger charge is -2.39. The Morgan fingerprint density at radius 1 is 1.16 bits per heavy atom. The minimum Gasteiger partial charge on any atom is -0.443 e. The maximum absolute atomic E-state index is 14.7. The van der Waals surface area contributed by atoms with Crippen LogP contribution in [0, 0.1) is 11.3 Å². The molecule has 0 bridgehead atoms. The van der Waals surface area contributed by atoms with Crippen molar-refractivity contribution in [3.8, 4) is 6.07 Å². The Labute approximate surface area is 249 Å². The van der Waals surface area contributed by atoms with Crippen molar-refractivity contribution in [1.29, 1.82) is 5.26 Å². The summed E-state index contributed by atoms with van der Waals surface area (Å²) in [6.45, 7) is 0. The van der Waals surface area contributed by atoms with E-state index in [0.717, 1.165) is 0 Å². The van der Waals surface area contributed by atoms with E-state index in [-0.39, 0.29) is 40.5 Å². The Balaban J connectivity index is 1.47. The van der Waals surface area contributed by atoms with Crippen LogP contribution in [-0.2, 0) is 9.59 Å². The number of aromatic nitrogens is 2. The van der Waals surface area contributed by atoms with Crippen LogP contribution in [0.4, 0.5) is 20.3 Å². The van der Waals surface area contributed by atoms with E-state index in [0.29, 0.717) is 11.1 Å². The molecule has 3 atom stereocenters. The molecule has 2 fully saturated rings. The third kappa shape index (κ3) is 5.49. The molecule has 13 heteroatoms. The highest BCUT2D eigenvalue weighted by Crippen LogP contribution is 2.40. The molecule has 220 valence electrons. The van der Waals surface area contributed by atoms with E-state index in [9.17, 15) is 28.7 Å². The molecule has 0 radical (unpaired) electrons. The molecule has 1 aliphatic heterocycles. The lowest BCUT2D eigenvalue weighted by Crippen LogP contribution is -2.56. The number of aliphatic hydroxyl groups is 1. The lowest BCUT2D eigenvalue weighted by atomic mass is 9.87. The van der Waals surface area contributed by atoms with Gasteiger partial charge in [-0.2, -0.15) is 5.26 Å². The number of nitrogens with zero attached hydrogens (tertiary/aromatic N) is 5. The first-order chi connectivity index (χ1) is 20.6. The van der Waals surface area contributed by atoms with Gasteiger partial charge in [0.05, 0.1) is 11.6 Å². The third-order valence-corrected chi connectivity index (χ3v) is 8.10. The molecule has 43 heavy (non-hydrogen) atoms. The summed E-state index contributed by atoms with van der Waals surface area (Å²) < 4.78 is 32.7. The van der Waals surface area contributed by atoms with Crippen molar-refractivity contribution in [1.82, 2.24) is 15.3 Å². The maximum Gasteiger partial charge on any atom is 0.252 e. The minimum absolute atomic E-state index is 0.189. The van der Waals surface area contributed by atoms with E-state index in [1.54, 1.807) is 42.5 Å². The molecule has 1 saturated heterocycles. The van der Waals surface area contributed by atoms with Gasteiger partial charge in [-0.05, 0) is 49.2 Å². The number of carbonyl (C=O) groups is 2. The summed E-state index contributed by atoms with van der Waals surface area (Å²) in [6, 6.07) is 13.1. The van der Waals surface area contributed by atoms with Crippen LogP contribution in [0.15, 0.2) is 71.6 Å². The Hall–Kier alpha value is -4.60. The number of fused-ring (bicyclic) bond motifs is 1. The van der Waals surface area contributed by atoms with Crippen molar-refractivity contribution < 1.29 is 27.9 Å². The third-order valence-electron chi connectivity index (χ3n) is 7.75. The number of halogens is 3. The van der Waals surface area contributed by atoms with Gasteiger partial charge in [0.2, 0.25) is 5.91 Å². The Morgan fingerprint density at radius 3 is 2.70 bits per heavy atom. The summed E-state index contributed by atoms with van der Waals surface area (Å²) in [5.74, 6) is -3.94. The van der Waals surface area contributed by atoms with Crippen molar-refractivity contribution in [3.63, 3.8) is 0 Å². The first-order valence-corrected chi connectivity index (χ1v) is 13.9. The van der Waals surface area contributed by atoms with Crippen LogP contribution in [0.5, 0.6) is 0 Å². The zero-order valence-corrected chi connectivity index (χ0v) is 23.3. The predicted molar refractivity (Wildman–Crippen MR) is 152 cm³/mol. The number of aliphatic hydroxyl groups excluding tert-OH is 1. The Bertz CT molecular complexity index is 1730. The first kappa shape index (κ1) is 28.5. The molecule has 10 nitrogen and oxygen atoms in total. The smallest absolute Gasteiger partial charge is 0.252 e. The van der Waals surface area contributed by atoms with Crippen molar-refractivity contribution in [3.05, 3.63) is 83.3 Å². The van der Waals surface area contributed by atoms with Crippen molar-refractivity contribution in [2.24, 2.45) is 0 Å². The number of benzene rings is 2. The van der Waals surface area contributed by atoms with Gasteiger partial charge in [0.1, 0.15) is 29.6 Å². The summed E-state index contributed by atoms with van der Waals surface area (Å²) in [4.78, 5) is 39.9. The van der Waals surface area contributed by atoms with Gasteiger partial charge in [-0.1, -0.05) is 29.8 Å². The molecule has 1 aliphatic carbocycles. The van der Waals surface area contributed by atoms with E-state index in [4.69, 9.17) is 16.0 Å². The van der Waals surface area contributed by atoms with E-state index in [1.165, 1.54) is 34.5 Å². The monoisotopic (exact) mass is 606 g/mol. The van der Waals surface area contributed by atoms with Gasteiger partial charge in [0, 0.05) is 41.4 Å². The number of nitrogens with one attached hydrogen (secondary N) is 1. The number of nitriles is 1. The zero-order valence-electron chi connectivity index (χ0n) is 22.5. The van der Waals surface area contributed by atoms with Crippen LogP contribution in [0.3, 0.4) is 0 Å². The van der Waals surface area contributed by atoms with Crippen LogP contribution < -0.4 is 15.1 Å². The quantitative estimate of drug-likeness (QED) is 0.308. The number of carbonyl (C=O) groups excluding carboxylic acids is 2. The number of amides is 2. The SMILES string of the molecule is N#Cc1ccnc(N2C(O)CCC2C(=O)N(c2ccc3ocnc3c2)C(C(=O)NC2CC(F)(F)C2)c2ccccc2Cl)c1. The zero-order chi connectivity index (χ0) is 30.3. The van der Waals surface area contributed by atoms with Crippen molar-refractivity contribution >= 4 is 46.0 Å². The molecule has 4 aromatic rings. The summed E-state index contributed by atoms with van der Waals surface area (Å²) in [5, 5.41) is 23.2. The fourth-order valence-corrected chi connectivity index (χ4v) is 5.91. The number of hydrogen-bond acceptors (Lipinski definition) is 8. The minimum atomic E-state index is -2.88. The molecule has 2 aliphatic rings.